The summed E-state index contributed by atoms with van der Waals surface area (Å²) in [5.74, 6) is 1.69. The summed E-state index contributed by atoms with van der Waals surface area (Å²) in [5.41, 5.74) is 2.07. The van der Waals surface area contributed by atoms with Crippen LogP contribution in [0.15, 0.2) is 34.6 Å². The average molecular weight is 504 g/mol. The highest BCUT2D eigenvalue weighted by atomic mass is 127. The molecule has 1 N–H and O–H groups in total. The normalized spacial score (nSPS) is 12.3. The van der Waals surface area contributed by atoms with Gasteiger partial charge in [0.15, 0.2) is 5.96 Å². The van der Waals surface area contributed by atoms with E-state index in [0.717, 1.165) is 34.5 Å². The summed E-state index contributed by atoms with van der Waals surface area (Å²) in [7, 11) is 5.40. The lowest BCUT2D eigenvalue weighted by Crippen LogP contribution is -2.38. The van der Waals surface area contributed by atoms with Crippen molar-refractivity contribution in [3.8, 4) is 5.75 Å². The summed E-state index contributed by atoms with van der Waals surface area (Å²) in [6, 6.07) is 7.95. The standard InChI is InChI=1S/C19H28N4O2S.HI/c1-6-20-19(21-11-15-9-7-8-10-17(15)25-5)23(3)12-16-13-26-18(22-16)14(2)24-4;/h7-10,13-14H,6,11-12H2,1-5H3,(H,20,21);1H. The Morgan fingerprint density at radius 1 is 1.33 bits per heavy atom. The van der Waals surface area contributed by atoms with Crippen LogP contribution in [0.3, 0.4) is 0 Å². The molecular formula is C19H29IN4O2S. The molecule has 0 fully saturated rings. The van der Waals surface area contributed by atoms with E-state index < -0.39 is 0 Å². The van der Waals surface area contributed by atoms with Crippen LogP contribution < -0.4 is 10.1 Å². The number of guanidine groups is 1. The lowest BCUT2D eigenvalue weighted by atomic mass is 10.2. The van der Waals surface area contributed by atoms with Gasteiger partial charge in [0.05, 0.1) is 25.9 Å². The number of halogens is 1. The van der Waals surface area contributed by atoms with E-state index in [4.69, 9.17) is 14.5 Å². The molecule has 0 aliphatic carbocycles. The Hall–Kier alpha value is -1.39. The van der Waals surface area contributed by atoms with Gasteiger partial charge in [-0.3, -0.25) is 0 Å². The third kappa shape index (κ3) is 6.93. The van der Waals surface area contributed by atoms with E-state index in [1.165, 1.54) is 0 Å². The minimum absolute atomic E-state index is 0. The van der Waals surface area contributed by atoms with Gasteiger partial charge in [-0.15, -0.1) is 35.3 Å². The maximum Gasteiger partial charge on any atom is 0.194 e. The number of rotatable bonds is 8. The molecule has 0 aliphatic heterocycles. The zero-order valence-electron chi connectivity index (χ0n) is 16.6. The lowest BCUT2D eigenvalue weighted by Gasteiger charge is -2.21. The Balaban J connectivity index is 0.00000364. The fourth-order valence-corrected chi connectivity index (χ4v) is 3.31. The van der Waals surface area contributed by atoms with E-state index in [1.54, 1.807) is 25.6 Å². The van der Waals surface area contributed by atoms with Crippen molar-refractivity contribution in [2.45, 2.75) is 33.0 Å². The SMILES string of the molecule is CCNC(=NCc1ccccc1OC)N(C)Cc1csc(C(C)OC)n1.I. The van der Waals surface area contributed by atoms with Crippen LogP contribution in [0, 0.1) is 0 Å². The Kier molecular flexibility index (Phi) is 10.6. The number of hydrogen-bond acceptors (Lipinski definition) is 5. The first-order valence-corrected chi connectivity index (χ1v) is 9.55. The number of nitrogens with one attached hydrogen (secondary N) is 1. The third-order valence-electron chi connectivity index (χ3n) is 3.96. The van der Waals surface area contributed by atoms with Gasteiger partial charge in [0.2, 0.25) is 0 Å². The van der Waals surface area contributed by atoms with E-state index in [-0.39, 0.29) is 30.1 Å². The first kappa shape index (κ1) is 23.6. The van der Waals surface area contributed by atoms with Crippen molar-refractivity contribution in [3.63, 3.8) is 0 Å². The fraction of sp³-hybridized carbons (Fsp3) is 0.474. The maximum atomic E-state index is 5.41. The first-order chi connectivity index (χ1) is 12.6. The Labute approximate surface area is 183 Å². The molecule has 0 saturated heterocycles. The third-order valence-corrected chi connectivity index (χ3v) is 5.01. The van der Waals surface area contributed by atoms with Crippen LogP contribution in [-0.4, -0.2) is 43.7 Å². The van der Waals surface area contributed by atoms with Gasteiger partial charge in [0.25, 0.3) is 0 Å². The molecule has 6 nitrogen and oxygen atoms in total. The predicted molar refractivity (Wildman–Crippen MR) is 122 cm³/mol. The molecule has 1 heterocycles. The van der Waals surface area contributed by atoms with Crippen molar-refractivity contribution in [2.75, 3.05) is 27.8 Å². The van der Waals surface area contributed by atoms with Gasteiger partial charge in [0.1, 0.15) is 16.9 Å². The number of para-hydroxylation sites is 1. The highest BCUT2D eigenvalue weighted by Crippen LogP contribution is 2.21. The topological polar surface area (TPSA) is 59.0 Å². The van der Waals surface area contributed by atoms with Crippen molar-refractivity contribution < 1.29 is 9.47 Å². The van der Waals surface area contributed by atoms with Gasteiger partial charge in [-0.25, -0.2) is 9.98 Å². The molecule has 8 heteroatoms. The van der Waals surface area contributed by atoms with Crippen LogP contribution in [0.5, 0.6) is 5.75 Å². The first-order valence-electron chi connectivity index (χ1n) is 8.67. The van der Waals surface area contributed by atoms with Crippen molar-refractivity contribution in [2.24, 2.45) is 4.99 Å². The monoisotopic (exact) mass is 504 g/mol. The number of thiazole rings is 1. The van der Waals surface area contributed by atoms with Crippen LogP contribution in [0.2, 0.25) is 0 Å². The second-order valence-electron chi connectivity index (χ2n) is 5.89. The molecular weight excluding hydrogens is 475 g/mol. The molecule has 27 heavy (non-hydrogen) atoms. The van der Waals surface area contributed by atoms with Gasteiger partial charge < -0.3 is 19.7 Å². The zero-order valence-corrected chi connectivity index (χ0v) is 19.7. The van der Waals surface area contributed by atoms with Gasteiger partial charge in [-0.1, -0.05) is 18.2 Å². The Bertz CT molecular complexity index is 723. The van der Waals surface area contributed by atoms with Gasteiger partial charge >= 0.3 is 0 Å². The molecule has 1 aromatic carbocycles. The number of benzene rings is 1. The van der Waals surface area contributed by atoms with Gasteiger partial charge in [0, 0.05) is 31.6 Å². The summed E-state index contributed by atoms with van der Waals surface area (Å²) in [6.07, 6.45) is 0.0199. The molecule has 0 radical (unpaired) electrons. The molecule has 0 saturated carbocycles. The summed E-state index contributed by atoms with van der Waals surface area (Å²) in [5, 5.41) is 6.40. The van der Waals surface area contributed by atoms with E-state index in [0.29, 0.717) is 13.1 Å². The van der Waals surface area contributed by atoms with E-state index in [2.05, 4.69) is 27.5 Å². The van der Waals surface area contributed by atoms with E-state index in [1.807, 2.05) is 38.2 Å². The van der Waals surface area contributed by atoms with Crippen LogP contribution in [0.1, 0.15) is 36.2 Å². The average Bonchev–Trinajstić information content (AvgIpc) is 3.13. The molecule has 150 valence electrons. The highest BCUT2D eigenvalue weighted by Gasteiger charge is 2.13. The van der Waals surface area contributed by atoms with Crippen LogP contribution in [-0.2, 0) is 17.8 Å². The number of methoxy groups -OCH3 is 2. The molecule has 2 rings (SSSR count). The van der Waals surface area contributed by atoms with E-state index >= 15 is 0 Å². The Morgan fingerprint density at radius 2 is 2.07 bits per heavy atom. The van der Waals surface area contributed by atoms with Crippen molar-refractivity contribution >= 4 is 41.3 Å². The second-order valence-corrected chi connectivity index (χ2v) is 6.78. The number of aromatic nitrogens is 1. The number of nitrogens with zero attached hydrogens (tertiary/aromatic N) is 3. The van der Waals surface area contributed by atoms with Gasteiger partial charge in [-0.05, 0) is 19.9 Å². The molecule has 0 bridgehead atoms. The predicted octanol–water partition coefficient (Wildman–Crippen LogP) is 4.07. The number of ether oxygens (including phenoxy) is 2. The van der Waals surface area contributed by atoms with Crippen molar-refractivity contribution in [3.05, 3.63) is 45.9 Å². The number of hydrogen-bond donors (Lipinski definition) is 1. The minimum atomic E-state index is 0. The molecule has 1 aromatic heterocycles. The fourth-order valence-electron chi connectivity index (χ4n) is 2.46. The molecule has 1 unspecified atom stereocenters. The van der Waals surface area contributed by atoms with Gasteiger partial charge in [-0.2, -0.15) is 0 Å². The second kappa shape index (κ2) is 12.1. The quantitative estimate of drug-likeness (QED) is 0.334. The minimum Gasteiger partial charge on any atom is -0.496 e. The number of aliphatic imine (C=N–C) groups is 1. The summed E-state index contributed by atoms with van der Waals surface area (Å²) in [4.78, 5) is 11.5. The molecule has 0 spiro atoms. The molecule has 0 aliphatic rings. The van der Waals surface area contributed by atoms with Crippen LogP contribution in [0.4, 0.5) is 0 Å². The van der Waals surface area contributed by atoms with Crippen LogP contribution in [0.25, 0.3) is 0 Å². The maximum absolute atomic E-state index is 5.41. The summed E-state index contributed by atoms with van der Waals surface area (Å²) in [6.45, 7) is 6.11. The largest absolute Gasteiger partial charge is 0.496 e. The molecule has 0 amide bonds. The zero-order chi connectivity index (χ0) is 18.9. The summed E-state index contributed by atoms with van der Waals surface area (Å²) >= 11 is 1.62. The lowest BCUT2D eigenvalue weighted by molar-refractivity contribution is 0.119. The van der Waals surface area contributed by atoms with Crippen molar-refractivity contribution in [1.82, 2.24) is 15.2 Å². The molecule has 1 atom stereocenters. The smallest absolute Gasteiger partial charge is 0.194 e. The molecule has 2 aromatic rings. The van der Waals surface area contributed by atoms with E-state index in [9.17, 15) is 0 Å². The Morgan fingerprint density at radius 3 is 2.74 bits per heavy atom. The van der Waals surface area contributed by atoms with Crippen molar-refractivity contribution in [1.29, 1.82) is 0 Å². The summed E-state index contributed by atoms with van der Waals surface area (Å²) < 4.78 is 10.7. The van der Waals surface area contributed by atoms with Crippen LogP contribution >= 0.6 is 35.3 Å². The highest BCUT2D eigenvalue weighted by molar-refractivity contribution is 14.0.